The van der Waals surface area contributed by atoms with Gasteiger partial charge in [-0.1, -0.05) is 6.42 Å². The first kappa shape index (κ1) is 15.0. The molecule has 0 aliphatic carbocycles. The van der Waals surface area contributed by atoms with Crippen molar-refractivity contribution < 1.29 is 18.3 Å². The topological polar surface area (TPSA) is 34.6 Å². The molecule has 1 aromatic rings. The van der Waals surface area contributed by atoms with Crippen LogP contribution in [0.25, 0.3) is 0 Å². The summed E-state index contributed by atoms with van der Waals surface area (Å²) >= 11 is 0. The third kappa shape index (κ3) is 4.03. The molecule has 0 amide bonds. The molecule has 2 rings (SSSR count). The number of pyridine rings is 1. The molecule has 0 bridgehead atoms. The highest BCUT2D eigenvalue weighted by atomic mass is 19.3. The van der Waals surface area contributed by atoms with E-state index in [9.17, 15) is 8.78 Å². The van der Waals surface area contributed by atoms with Crippen LogP contribution in [0.5, 0.6) is 11.6 Å². The zero-order chi connectivity index (χ0) is 14.4. The number of piperidine rings is 1. The molecule has 0 unspecified atom stereocenters. The Bertz CT molecular complexity index is 424. The second-order valence-electron chi connectivity index (χ2n) is 4.74. The number of hydrogen-bond donors (Lipinski definition) is 0. The quantitative estimate of drug-likeness (QED) is 0.805. The number of ether oxygens (including phenoxy) is 2. The number of alkyl halides is 2. The molecule has 0 atom stereocenters. The van der Waals surface area contributed by atoms with Crippen LogP contribution in [0.2, 0.25) is 0 Å². The molecule has 0 spiro atoms. The lowest BCUT2D eigenvalue weighted by molar-refractivity contribution is -0.0510. The van der Waals surface area contributed by atoms with Crippen molar-refractivity contribution in [2.75, 3.05) is 19.7 Å². The molecular weight excluding hydrogens is 266 g/mol. The number of rotatable bonds is 6. The van der Waals surface area contributed by atoms with Gasteiger partial charge in [-0.05, 0) is 38.9 Å². The van der Waals surface area contributed by atoms with Gasteiger partial charge in [0.05, 0.1) is 12.2 Å². The van der Waals surface area contributed by atoms with Crippen LogP contribution in [0.15, 0.2) is 12.3 Å². The van der Waals surface area contributed by atoms with Crippen LogP contribution in [0, 0.1) is 0 Å². The maximum absolute atomic E-state index is 12.5. The fourth-order valence-corrected chi connectivity index (χ4v) is 2.41. The standard InChI is InChI=1S/C14H20F2N2O2/c1-2-19-13-11(10-18-8-4-3-5-9-18)12(6-7-17-13)20-14(15)16/h6-7,14H,2-5,8-10H2,1H3. The summed E-state index contributed by atoms with van der Waals surface area (Å²) in [4.78, 5) is 6.35. The Hall–Kier alpha value is -1.43. The van der Waals surface area contributed by atoms with E-state index < -0.39 is 6.61 Å². The van der Waals surface area contributed by atoms with Crippen LogP contribution in [0.4, 0.5) is 8.78 Å². The zero-order valence-corrected chi connectivity index (χ0v) is 11.6. The third-order valence-electron chi connectivity index (χ3n) is 3.30. The molecule has 0 saturated carbocycles. The van der Waals surface area contributed by atoms with Crippen LogP contribution in [-0.2, 0) is 6.54 Å². The molecule has 1 fully saturated rings. The average Bonchev–Trinajstić information content (AvgIpc) is 2.43. The number of likely N-dealkylation sites (tertiary alicyclic amines) is 1. The number of nitrogens with zero attached hydrogens (tertiary/aromatic N) is 2. The van der Waals surface area contributed by atoms with Gasteiger partial charge in [-0.25, -0.2) is 4.98 Å². The van der Waals surface area contributed by atoms with E-state index >= 15 is 0 Å². The summed E-state index contributed by atoms with van der Waals surface area (Å²) in [6, 6.07) is 1.47. The highest BCUT2D eigenvalue weighted by molar-refractivity contribution is 5.39. The van der Waals surface area contributed by atoms with E-state index in [4.69, 9.17) is 4.74 Å². The van der Waals surface area contributed by atoms with E-state index in [0.29, 0.717) is 24.6 Å². The van der Waals surface area contributed by atoms with E-state index in [-0.39, 0.29) is 5.75 Å². The first-order valence-electron chi connectivity index (χ1n) is 6.98. The fourth-order valence-electron chi connectivity index (χ4n) is 2.41. The molecule has 0 N–H and O–H groups in total. The normalized spacial score (nSPS) is 16.4. The van der Waals surface area contributed by atoms with Crippen molar-refractivity contribution in [3.05, 3.63) is 17.8 Å². The van der Waals surface area contributed by atoms with Gasteiger partial charge < -0.3 is 9.47 Å². The van der Waals surface area contributed by atoms with Gasteiger partial charge in [-0.2, -0.15) is 8.78 Å². The first-order chi connectivity index (χ1) is 9.70. The third-order valence-corrected chi connectivity index (χ3v) is 3.30. The van der Waals surface area contributed by atoms with Crippen LogP contribution in [0.3, 0.4) is 0 Å². The summed E-state index contributed by atoms with van der Waals surface area (Å²) in [6.45, 7) is 1.91. The van der Waals surface area contributed by atoms with E-state index in [1.807, 2.05) is 6.92 Å². The second kappa shape index (κ2) is 7.38. The maximum Gasteiger partial charge on any atom is 0.387 e. The number of hydrogen-bond acceptors (Lipinski definition) is 4. The van der Waals surface area contributed by atoms with Crippen molar-refractivity contribution in [3.8, 4) is 11.6 Å². The summed E-state index contributed by atoms with van der Waals surface area (Å²) in [6.07, 6.45) is 4.93. The number of halogens is 2. The largest absolute Gasteiger partial charge is 0.478 e. The van der Waals surface area contributed by atoms with Crippen molar-refractivity contribution >= 4 is 0 Å². The molecule has 6 heteroatoms. The summed E-state index contributed by atoms with van der Waals surface area (Å²) in [5.74, 6) is 0.542. The van der Waals surface area contributed by atoms with Crippen molar-refractivity contribution in [3.63, 3.8) is 0 Å². The predicted molar refractivity (Wildman–Crippen MR) is 71.2 cm³/mol. The van der Waals surface area contributed by atoms with Crippen LogP contribution < -0.4 is 9.47 Å². The van der Waals surface area contributed by atoms with E-state index in [1.165, 1.54) is 18.7 Å². The molecule has 1 aliphatic rings. The molecule has 1 aromatic heterocycles. The van der Waals surface area contributed by atoms with E-state index in [0.717, 1.165) is 25.9 Å². The summed E-state index contributed by atoms with van der Waals surface area (Å²) in [5, 5.41) is 0. The van der Waals surface area contributed by atoms with Crippen LogP contribution >= 0.6 is 0 Å². The zero-order valence-electron chi connectivity index (χ0n) is 11.6. The molecule has 1 aliphatic heterocycles. The number of aromatic nitrogens is 1. The van der Waals surface area contributed by atoms with Crippen molar-refractivity contribution in [2.24, 2.45) is 0 Å². The van der Waals surface area contributed by atoms with Gasteiger partial charge in [-0.3, -0.25) is 4.90 Å². The predicted octanol–water partition coefficient (Wildman–Crippen LogP) is 3.07. The van der Waals surface area contributed by atoms with Gasteiger partial charge in [0.25, 0.3) is 0 Å². The SMILES string of the molecule is CCOc1nccc(OC(F)F)c1CN1CCCCC1. The van der Waals surface area contributed by atoms with Crippen LogP contribution in [-0.4, -0.2) is 36.2 Å². The Morgan fingerprint density at radius 1 is 1.30 bits per heavy atom. The van der Waals surface area contributed by atoms with Gasteiger partial charge in [0, 0.05) is 12.7 Å². The lowest BCUT2D eigenvalue weighted by atomic mass is 10.1. The van der Waals surface area contributed by atoms with Gasteiger partial charge in [0.1, 0.15) is 5.75 Å². The first-order valence-corrected chi connectivity index (χ1v) is 6.98. The minimum Gasteiger partial charge on any atom is -0.478 e. The Labute approximate surface area is 117 Å². The minimum absolute atomic E-state index is 0.157. The summed E-state index contributed by atoms with van der Waals surface area (Å²) in [7, 11) is 0. The molecule has 0 radical (unpaired) electrons. The molecule has 1 saturated heterocycles. The molecule has 112 valence electrons. The second-order valence-corrected chi connectivity index (χ2v) is 4.74. The van der Waals surface area contributed by atoms with Gasteiger partial charge in [0.15, 0.2) is 0 Å². The lowest BCUT2D eigenvalue weighted by Crippen LogP contribution is -2.29. The Morgan fingerprint density at radius 2 is 2.05 bits per heavy atom. The fraction of sp³-hybridized carbons (Fsp3) is 0.643. The minimum atomic E-state index is -2.84. The van der Waals surface area contributed by atoms with Crippen molar-refractivity contribution in [2.45, 2.75) is 39.3 Å². The maximum atomic E-state index is 12.5. The average molecular weight is 286 g/mol. The van der Waals surface area contributed by atoms with Gasteiger partial charge >= 0.3 is 6.61 Å². The van der Waals surface area contributed by atoms with Gasteiger partial charge in [-0.15, -0.1) is 0 Å². The van der Waals surface area contributed by atoms with Gasteiger partial charge in [0.2, 0.25) is 5.88 Å². The van der Waals surface area contributed by atoms with Crippen molar-refractivity contribution in [1.29, 1.82) is 0 Å². The molecule has 2 heterocycles. The van der Waals surface area contributed by atoms with Crippen LogP contribution in [0.1, 0.15) is 31.7 Å². The lowest BCUT2D eigenvalue weighted by Gasteiger charge is -2.27. The van der Waals surface area contributed by atoms with Crippen molar-refractivity contribution in [1.82, 2.24) is 9.88 Å². The molecular formula is C14H20F2N2O2. The smallest absolute Gasteiger partial charge is 0.387 e. The Kier molecular flexibility index (Phi) is 5.52. The Balaban J connectivity index is 2.20. The summed E-state index contributed by atoms with van der Waals surface area (Å²) < 4.78 is 35.0. The Morgan fingerprint density at radius 3 is 2.70 bits per heavy atom. The molecule has 0 aromatic carbocycles. The summed E-state index contributed by atoms with van der Waals surface area (Å²) in [5.41, 5.74) is 0.608. The van der Waals surface area contributed by atoms with E-state index in [2.05, 4.69) is 14.6 Å². The highest BCUT2D eigenvalue weighted by Gasteiger charge is 2.19. The molecule has 20 heavy (non-hydrogen) atoms. The monoisotopic (exact) mass is 286 g/mol. The van der Waals surface area contributed by atoms with E-state index in [1.54, 1.807) is 0 Å². The highest BCUT2D eigenvalue weighted by Crippen LogP contribution is 2.30. The molecule has 4 nitrogen and oxygen atoms in total.